The second-order valence-corrected chi connectivity index (χ2v) is 11.4. The fourth-order valence-electron chi connectivity index (χ4n) is 8.53. The van der Waals surface area contributed by atoms with Gasteiger partial charge in [0.25, 0.3) is 0 Å². The summed E-state index contributed by atoms with van der Waals surface area (Å²) in [5.74, 6) is 6.03. The molecular weight excluding hydrogens is 308 g/mol. The quantitative estimate of drug-likeness (QED) is 0.511. The molecular formula is C23H40S. The lowest BCUT2D eigenvalue weighted by molar-refractivity contribution is -0.133. The van der Waals surface area contributed by atoms with E-state index >= 15 is 0 Å². The van der Waals surface area contributed by atoms with Gasteiger partial charge < -0.3 is 0 Å². The van der Waals surface area contributed by atoms with Gasteiger partial charge in [-0.1, -0.05) is 40.5 Å². The summed E-state index contributed by atoms with van der Waals surface area (Å²) >= 11 is 4.86. The highest BCUT2D eigenvalue weighted by atomic mass is 32.1. The SMILES string of the molecule is CCCC1CCC2C3CCC4C[C@H](S)CCC4(C)C3C[C@H](C)C12C. The Labute approximate surface area is 156 Å². The molecule has 0 aromatic heterocycles. The summed E-state index contributed by atoms with van der Waals surface area (Å²) in [4.78, 5) is 0. The molecule has 0 nitrogen and oxygen atoms in total. The Hall–Kier alpha value is 0.350. The standard InChI is InChI=1S/C23H40S/c1-5-6-16-8-10-20-19-9-7-17-14-18(24)11-12-22(17,3)21(19)13-15(2)23(16,20)4/h15-21,24H,5-14H2,1-4H3/t15-,16?,17?,18+,19?,20?,21?,22?,23?/m0/s1. The van der Waals surface area contributed by atoms with E-state index in [1.165, 1.54) is 57.8 Å². The van der Waals surface area contributed by atoms with Crippen LogP contribution in [0.4, 0.5) is 0 Å². The van der Waals surface area contributed by atoms with Crippen molar-refractivity contribution in [1.82, 2.24) is 0 Å². The van der Waals surface area contributed by atoms with Crippen LogP contribution in [-0.4, -0.2) is 5.25 Å². The first-order valence-corrected chi connectivity index (χ1v) is 11.6. The highest BCUT2D eigenvalue weighted by Gasteiger charge is 2.61. The molecule has 24 heavy (non-hydrogen) atoms. The van der Waals surface area contributed by atoms with Gasteiger partial charge in [-0.05, 0) is 97.7 Å². The summed E-state index contributed by atoms with van der Waals surface area (Å²) in [6, 6.07) is 0. The van der Waals surface area contributed by atoms with Crippen molar-refractivity contribution < 1.29 is 0 Å². The van der Waals surface area contributed by atoms with E-state index in [9.17, 15) is 0 Å². The number of rotatable bonds is 2. The minimum atomic E-state index is 0.639. The minimum absolute atomic E-state index is 0.639. The van der Waals surface area contributed by atoms with Crippen LogP contribution in [-0.2, 0) is 0 Å². The molecule has 1 heteroatoms. The largest absolute Gasteiger partial charge is 0.176 e. The van der Waals surface area contributed by atoms with Crippen LogP contribution in [0.15, 0.2) is 0 Å². The molecule has 0 bridgehead atoms. The summed E-state index contributed by atoms with van der Waals surface area (Å²) in [6.07, 6.45) is 14.7. The van der Waals surface area contributed by atoms with Gasteiger partial charge in [-0.15, -0.1) is 0 Å². The lowest BCUT2D eigenvalue weighted by Crippen LogP contribution is -2.56. The number of hydrogen-bond donors (Lipinski definition) is 1. The minimum Gasteiger partial charge on any atom is -0.176 e. The van der Waals surface area contributed by atoms with Gasteiger partial charge in [0.2, 0.25) is 0 Å². The average molecular weight is 349 g/mol. The number of fused-ring (bicyclic) bond motifs is 5. The highest BCUT2D eigenvalue weighted by Crippen LogP contribution is 2.69. The van der Waals surface area contributed by atoms with Gasteiger partial charge in [-0.25, -0.2) is 0 Å². The van der Waals surface area contributed by atoms with Gasteiger partial charge in [-0.3, -0.25) is 0 Å². The lowest BCUT2D eigenvalue weighted by Gasteiger charge is -2.63. The van der Waals surface area contributed by atoms with Gasteiger partial charge in [0, 0.05) is 5.25 Å². The molecule has 0 heterocycles. The summed E-state index contributed by atoms with van der Waals surface area (Å²) in [6.45, 7) is 10.4. The monoisotopic (exact) mass is 348 g/mol. The van der Waals surface area contributed by atoms with Gasteiger partial charge in [0.15, 0.2) is 0 Å². The van der Waals surface area contributed by atoms with Crippen molar-refractivity contribution in [2.24, 2.45) is 46.3 Å². The van der Waals surface area contributed by atoms with Crippen LogP contribution in [0.1, 0.15) is 91.9 Å². The summed E-state index contributed by atoms with van der Waals surface area (Å²) in [5, 5.41) is 0.686. The summed E-state index contributed by atoms with van der Waals surface area (Å²) in [5.41, 5.74) is 1.29. The molecule has 0 saturated heterocycles. The van der Waals surface area contributed by atoms with E-state index in [2.05, 4.69) is 27.7 Å². The number of thiol groups is 1. The third kappa shape index (κ3) is 2.39. The molecule has 9 atom stereocenters. The molecule has 0 aliphatic heterocycles. The fourth-order valence-corrected chi connectivity index (χ4v) is 8.91. The van der Waals surface area contributed by atoms with E-state index in [1.54, 1.807) is 6.42 Å². The van der Waals surface area contributed by atoms with Crippen LogP contribution in [0.5, 0.6) is 0 Å². The third-order valence-electron chi connectivity index (χ3n) is 10.0. The fraction of sp³-hybridized carbons (Fsp3) is 1.00. The van der Waals surface area contributed by atoms with E-state index in [0.29, 0.717) is 16.1 Å². The van der Waals surface area contributed by atoms with E-state index in [0.717, 1.165) is 35.5 Å². The molecule has 0 N–H and O–H groups in total. The maximum Gasteiger partial charge on any atom is 0.00198 e. The van der Waals surface area contributed by atoms with Crippen LogP contribution in [0.3, 0.4) is 0 Å². The zero-order valence-electron chi connectivity index (χ0n) is 16.6. The molecule has 0 aromatic rings. The van der Waals surface area contributed by atoms with E-state index in [-0.39, 0.29) is 0 Å². The van der Waals surface area contributed by atoms with Crippen LogP contribution in [0.2, 0.25) is 0 Å². The van der Waals surface area contributed by atoms with Crippen LogP contribution in [0.25, 0.3) is 0 Å². The second kappa shape index (κ2) is 6.21. The molecule has 0 amide bonds. The zero-order valence-corrected chi connectivity index (χ0v) is 17.5. The Morgan fingerprint density at radius 2 is 1.75 bits per heavy atom. The Morgan fingerprint density at radius 1 is 0.958 bits per heavy atom. The first-order valence-electron chi connectivity index (χ1n) is 11.1. The van der Waals surface area contributed by atoms with Crippen molar-refractivity contribution in [2.75, 3.05) is 0 Å². The Balaban J connectivity index is 1.63. The average Bonchev–Trinajstić information content (AvgIpc) is 2.88. The van der Waals surface area contributed by atoms with Crippen molar-refractivity contribution >= 4 is 12.6 Å². The smallest absolute Gasteiger partial charge is 0.00198 e. The molecule has 0 radical (unpaired) electrons. The lowest BCUT2D eigenvalue weighted by atomic mass is 9.43. The van der Waals surface area contributed by atoms with Crippen molar-refractivity contribution in [3.05, 3.63) is 0 Å². The molecule has 138 valence electrons. The van der Waals surface area contributed by atoms with Crippen molar-refractivity contribution in [1.29, 1.82) is 0 Å². The molecule has 4 aliphatic rings. The zero-order chi connectivity index (χ0) is 17.1. The van der Waals surface area contributed by atoms with E-state index in [4.69, 9.17) is 12.6 Å². The number of hydrogen-bond acceptors (Lipinski definition) is 1. The van der Waals surface area contributed by atoms with Gasteiger partial charge in [0.05, 0.1) is 0 Å². The maximum absolute atomic E-state index is 4.86. The predicted molar refractivity (Wildman–Crippen MR) is 107 cm³/mol. The van der Waals surface area contributed by atoms with Gasteiger partial charge in [-0.2, -0.15) is 12.6 Å². The molecule has 0 aromatic carbocycles. The highest BCUT2D eigenvalue weighted by molar-refractivity contribution is 7.80. The second-order valence-electron chi connectivity index (χ2n) is 10.7. The molecule has 4 fully saturated rings. The molecule has 4 saturated carbocycles. The van der Waals surface area contributed by atoms with E-state index in [1.807, 2.05) is 0 Å². The predicted octanol–water partition coefficient (Wildman–Crippen LogP) is 6.99. The Bertz CT molecular complexity index is 473. The van der Waals surface area contributed by atoms with Crippen molar-refractivity contribution in [2.45, 2.75) is 97.2 Å². The normalized spacial score (nSPS) is 57.1. The van der Waals surface area contributed by atoms with Crippen molar-refractivity contribution in [3.8, 4) is 0 Å². The molecule has 7 unspecified atom stereocenters. The first kappa shape index (κ1) is 17.7. The molecule has 4 rings (SSSR count). The molecule has 4 aliphatic carbocycles. The molecule has 0 spiro atoms. The Kier molecular flexibility index (Phi) is 4.59. The van der Waals surface area contributed by atoms with Gasteiger partial charge >= 0.3 is 0 Å². The maximum atomic E-state index is 4.86. The van der Waals surface area contributed by atoms with Crippen LogP contribution >= 0.6 is 12.6 Å². The summed E-state index contributed by atoms with van der Waals surface area (Å²) in [7, 11) is 0. The first-order chi connectivity index (χ1) is 11.4. The third-order valence-corrected chi connectivity index (χ3v) is 10.5. The van der Waals surface area contributed by atoms with Crippen LogP contribution < -0.4 is 0 Å². The van der Waals surface area contributed by atoms with Crippen LogP contribution in [0, 0.1) is 46.3 Å². The van der Waals surface area contributed by atoms with Crippen molar-refractivity contribution in [3.63, 3.8) is 0 Å². The Morgan fingerprint density at radius 3 is 2.50 bits per heavy atom. The topological polar surface area (TPSA) is 0 Å². The van der Waals surface area contributed by atoms with Gasteiger partial charge in [0.1, 0.15) is 0 Å². The van der Waals surface area contributed by atoms with E-state index < -0.39 is 0 Å². The summed E-state index contributed by atoms with van der Waals surface area (Å²) < 4.78 is 0.